The number of rotatable bonds is 7. The minimum absolute atomic E-state index is 0.0717. The molecule has 0 bridgehead atoms. The lowest BCUT2D eigenvalue weighted by atomic mass is 9.88. The van der Waals surface area contributed by atoms with Gasteiger partial charge in [0.25, 0.3) is 0 Å². The third kappa shape index (κ3) is 5.82. The van der Waals surface area contributed by atoms with Gasteiger partial charge in [-0.25, -0.2) is 0 Å². The molecule has 0 radical (unpaired) electrons. The summed E-state index contributed by atoms with van der Waals surface area (Å²) in [5.74, 6) is 0.763. The molecule has 1 amide bonds. The molecule has 1 saturated heterocycles. The average Bonchev–Trinajstić information content (AvgIpc) is 2.76. The van der Waals surface area contributed by atoms with Gasteiger partial charge in [0, 0.05) is 57.7 Å². The van der Waals surface area contributed by atoms with Crippen LogP contribution in [0.2, 0.25) is 0 Å². The Morgan fingerprint density at radius 2 is 2.00 bits per heavy atom. The number of fused-ring (bicyclic) bond motifs is 1. The number of aromatic nitrogens is 1. The Bertz CT molecular complexity index is 881. The van der Waals surface area contributed by atoms with E-state index in [0.29, 0.717) is 6.04 Å². The van der Waals surface area contributed by atoms with E-state index in [9.17, 15) is 9.90 Å². The lowest BCUT2D eigenvalue weighted by Gasteiger charge is -2.43. The Kier molecular flexibility index (Phi) is 7.54. The number of amides is 1. The fourth-order valence-corrected chi connectivity index (χ4v) is 5.28. The molecule has 2 N–H and O–H groups in total. The van der Waals surface area contributed by atoms with Gasteiger partial charge in [-0.05, 0) is 49.4 Å². The van der Waals surface area contributed by atoms with Crippen LogP contribution in [0.4, 0.5) is 5.69 Å². The van der Waals surface area contributed by atoms with Crippen LogP contribution in [0, 0.1) is 5.92 Å². The van der Waals surface area contributed by atoms with E-state index in [4.69, 9.17) is 4.98 Å². The lowest BCUT2D eigenvalue weighted by molar-refractivity contribution is -0.114. The minimum atomic E-state index is -0.0717. The first kappa shape index (κ1) is 22.2. The fourth-order valence-electron chi connectivity index (χ4n) is 5.28. The molecule has 31 heavy (non-hydrogen) atoms. The first-order chi connectivity index (χ1) is 15.1. The monoisotopic (exact) mass is 424 g/mol. The van der Waals surface area contributed by atoms with E-state index in [2.05, 4.69) is 27.2 Å². The molecule has 1 atom stereocenters. The van der Waals surface area contributed by atoms with Crippen molar-refractivity contribution in [2.75, 3.05) is 38.1 Å². The standard InChI is InChI=1S/C25H36N4O2/c1-19(31)26-24-8-5-9-25-23(24)11-10-21(27-25)17-28-13-14-29(22(18-28)12-15-30)16-20-6-3-2-4-7-20/h5,8-11,20,22,30H,2-4,6-7,12-18H2,1H3,(H,26,31). The Hall–Kier alpha value is -2.02. The fraction of sp³-hybridized carbons (Fsp3) is 0.600. The number of aliphatic hydroxyl groups is 1. The smallest absolute Gasteiger partial charge is 0.221 e. The third-order valence-electron chi connectivity index (χ3n) is 6.85. The van der Waals surface area contributed by atoms with Crippen molar-refractivity contribution in [2.24, 2.45) is 5.92 Å². The zero-order chi connectivity index (χ0) is 21.6. The van der Waals surface area contributed by atoms with Crippen molar-refractivity contribution in [3.8, 4) is 0 Å². The van der Waals surface area contributed by atoms with Crippen LogP contribution in [0.5, 0.6) is 0 Å². The predicted molar refractivity (Wildman–Crippen MR) is 125 cm³/mol. The number of hydrogen-bond donors (Lipinski definition) is 2. The SMILES string of the molecule is CC(=O)Nc1cccc2nc(CN3CCN(CC4CCCCC4)C(CCO)C3)ccc12. The number of piperazine rings is 1. The molecule has 1 aromatic carbocycles. The Morgan fingerprint density at radius 3 is 2.77 bits per heavy atom. The van der Waals surface area contributed by atoms with E-state index >= 15 is 0 Å². The van der Waals surface area contributed by atoms with Gasteiger partial charge in [0.2, 0.25) is 5.91 Å². The Morgan fingerprint density at radius 1 is 1.16 bits per heavy atom. The molecular weight excluding hydrogens is 388 g/mol. The highest BCUT2D eigenvalue weighted by molar-refractivity contribution is 6.00. The number of nitrogens with one attached hydrogen (secondary N) is 1. The first-order valence-electron chi connectivity index (χ1n) is 11.9. The number of aliphatic hydroxyl groups excluding tert-OH is 1. The number of pyridine rings is 1. The lowest BCUT2D eigenvalue weighted by Crippen LogP contribution is -2.54. The molecule has 2 aliphatic rings. The molecule has 1 saturated carbocycles. The van der Waals surface area contributed by atoms with Gasteiger partial charge >= 0.3 is 0 Å². The van der Waals surface area contributed by atoms with Crippen LogP contribution < -0.4 is 5.32 Å². The van der Waals surface area contributed by atoms with Gasteiger partial charge in [-0.2, -0.15) is 0 Å². The average molecular weight is 425 g/mol. The van der Waals surface area contributed by atoms with E-state index < -0.39 is 0 Å². The summed E-state index contributed by atoms with van der Waals surface area (Å²) in [7, 11) is 0. The molecular formula is C25H36N4O2. The van der Waals surface area contributed by atoms with Crippen molar-refractivity contribution >= 4 is 22.5 Å². The van der Waals surface area contributed by atoms with E-state index in [1.807, 2.05) is 18.2 Å². The van der Waals surface area contributed by atoms with Gasteiger partial charge in [-0.3, -0.25) is 19.6 Å². The van der Waals surface area contributed by atoms with Crippen LogP contribution in [0.15, 0.2) is 30.3 Å². The Balaban J connectivity index is 1.41. The summed E-state index contributed by atoms with van der Waals surface area (Å²) in [5.41, 5.74) is 2.77. The molecule has 4 rings (SSSR count). The van der Waals surface area contributed by atoms with Crippen LogP contribution in [-0.4, -0.2) is 64.6 Å². The number of nitrogens with zero attached hydrogens (tertiary/aromatic N) is 3. The summed E-state index contributed by atoms with van der Waals surface area (Å²) >= 11 is 0. The van der Waals surface area contributed by atoms with Crippen molar-refractivity contribution in [2.45, 2.75) is 58.0 Å². The third-order valence-corrected chi connectivity index (χ3v) is 6.85. The summed E-state index contributed by atoms with van der Waals surface area (Å²) < 4.78 is 0. The van der Waals surface area contributed by atoms with Gasteiger partial charge < -0.3 is 10.4 Å². The molecule has 2 aromatic rings. The summed E-state index contributed by atoms with van der Waals surface area (Å²) in [6, 6.07) is 10.4. The van der Waals surface area contributed by atoms with E-state index in [0.717, 1.165) is 60.8 Å². The highest BCUT2D eigenvalue weighted by Gasteiger charge is 2.29. The summed E-state index contributed by atoms with van der Waals surface area (Å²) in [5, 5.41) is 13.5. The summed E-state index contributed by atoms with van der Waals surface area (Å²) in [6.45, 7) is 6.88. The number of benzene rings is 1. The van der Waals surface area contributed by atoms with Gasteiger partial charge in [0.05, 0.1) is 16.9 Å². The van der Waals surface area contributed by atoms with Gasteiger partial charge in [0.1, 0.15) is 0 Å². The van der Waals surface area contributed by atoms with Crippen LogP contribution in [0.25, 0.3) is 10.9 Å². The maximum atomic E-state index is 11.5. The molecule has 2 fully saturated rings. The molecule has 1 aliphatic heterocycles. The van der Waals surface area contributed by atoms with Crippen LogP contribution >= 0.6 is 0 Å². The van der Waals surface area contributed by atoms with Crippen LogP contribution in [0.3, 0.4) is 0 Å². The molecule has 6 heteroatoms. The minimum Gasteiger partial charge on any atom is -0.396 e. The van der Waals surface area contributed by atoms with Gasteiger partial charge in [-0.15, -0.1) is 0 Å². The van der Waals surface area contributed by atoms with Gasteiger partial charge in [0.15, 0.2) is 0 Å². The quantitative estimate of drug-likeness (QED) is 0.710. The van der Waals surface area contributed by atoms with E-state index in [1.165, 1.54) is 45.6 Å². The topological polar surface area (TPSA) is 68.7 Å². The molecule has 2 heterocycles. The molecule has 0 spiro atoms. The normalized spacial score (nSPS) is 21.4. The largest absolute Gasteiger partial charge is 0.396 e. The second-order valence-corrected chi connectivity index (χ2v) is 9.26. The second-order valence-electron chi connectivity index (χ2n) is 9.26. The maximum absolute atomic E-state index is 11.5. The first-order valence-corrected chi connectivity index (χ1v) is 11.9. The number of carbonyl (C=O) groups excluding carboxylic acids is 1. The number of anilines is 1. The van der Waals surface area contributed by atoms with Crippen molar-refractivity contribution in [3.05, 3.63) is 36.0 Å². The van der Waals surface area contributed by atoms with Crippen LogP contribution in [-0.2, 0) is 11.3 Å². The molecule has 6 nitrogen and oxygen atoms in total. The van der Waals surface area contributed by atoms with Crippen LogP contribution in [0.1, 0.15) is 51.1 Å². The Labute approximate surface area is 185 Å². The maximum Gasteiger partial charge on any atom is 0.221 e. The summed E-state index contributed by atoms with van der Waals surface area (Å²) in [4.78, 5) is 21.4. The molecule has 1 aliphatic carbocycles. The van der Waals surface area contributed by atoms with E-state index in [1.54, 1.807) is 0 Å². The zero-order valence-electron chi connectivity index (χ0n) is 18.7. The van der Waals surface area contributed by atoms with Crippen molar-refractivity contribution in [1.82, 2.24) is 14.8 Å². The highest BCUT2D eigenvalue weighted by Crippen LogP contribution is 2.27. The predicted octanol–water partition coefficient (Wildman–Crippen LogP) is 3.64. The number of hydrogen-bond acceptors (Lipinski definition) is 5. The molecule has 1 aromatic heterocycles. The van der Waals surface area contributed by atoms with E-state index in [-0.39, 0.29) is 12.5 Å². The number of carbonyl (C=O) groups is 1. The molecule has 1 unspecified atom stereocenters. The zero-order valence-corrected chi connectivity index (χ0v) is 18.7. The van der Waals surface area contributed by atoms with Gasteiger partial charge in [-0.1, -0.05) is 25.3 Å². The van der Waals surface area contributed by atoms with Crippen molar-refractivity contribution in [1.29, 1.82) is 0 Å². The summed E-state index contributed by atoms with van der Waals surface area (Å²) in [6.07, 6.45) is 7.74. The highest BCUT2D eigenvalue weighted by atomic mass is 16.3. The second kappa shape index (κ2) is 10.5. The molecule has 168 valence electrons. The van der Waals surface area contributed by atoms with Crippen molar-refractivity contribution in [3.63, 3.8) is 0 Å². The van der Waals surface area contributed by atoms with Crippen molar-refractivity contribution < 1.29 is 9.90 Å².